The van der Waals surface area contributed by atoms with Gasteiger partial charge in [0, 0.05) is 0 Å². The van der Waals surface area contributed by atoms with Crippen LogP contribution >= 0.6 is 8.53 Å². The molecular formula is C43H52N7O7PSe. The molecular weight excluding hydrogens is 836 g/mol. The van der Waals surface area contributed by atoms with Crippen molar-refractivity contribution in [1.29, 1.82) is 5.26 Å². The van der Waals surface area contributed by atoms with E-state index in [1.165, 1.54) is 13.3 Å². The molecule has 1 N–H and O–H groups in total. The Morgan fingerprint density at radius 2 is 1.56 bits per heavy atom. The van der Waals surface area contributed by atoms with Gasteiger partial charge in [0.25, 0.3) is 0 Å². The van der Waals surface area contributed by atoms with E-state index in [0.29, 0.717) is 17.0 Å². The zero-order valence-corrected chi connectivity index (χ0v) is 37.2. The van der Waals surface area contributed by atoms with Crippen molar-refractivity contribution in [3.63, 3.8) is 0 Å². The Balaban J connectivity index is 1.48. The topological polar surface area (TPSA) is 155 Å². The molecule has 0 spiro atoms. The maximum atomic E-state index is 12.1. The normalized spacial score (nSPS) is 18.7. The predicted octanol–water partition coefficient (Wildman–Crippen LogP) is 7.91. The Bertz CT molecular complexity index is 2110. The second-order valence-corrected chi connectivity index (χ2v) is 18.0. The zero-order chi connectivity index (χ0) is 42.1. The molecule has 1 fully saturated rings. The fourth-order valence-electron chi connectivity index (χ4n) is 7.42. The van der Waals surface area contributed by atoms with Crippen LogP contribution in [0.5, 0.6) is 11.5 Å². The molecule has 1 unspecified atom stereocenters. The number of nitrogens with zero attached hydrogens (tertiary/aromatic N) is 6. The summed E-state index contributed by atoms with van der Waals surface area (Å²) in [5, 5.41) is 12.2. The molecule has 0 saturated carbocycles. The first-order chi connectivity index (χ1) is 28.6. The van der Waals surface area contributed by atoms with Gasteiger partial charge in [-0.25, -0.2) is 0 Å². The van der Waals surface area contributed by atoms with Gasteiger partial charge in [-0.1, -0.05) is 0 Å². The van der Waals surface area contributed by atoms with Crippen LogP contribution in [0.3, 0.4) is 0 Å². The van der Waals surface area contributed by atoms with E-state index in [1.807, 2.05) is 71.3 Å². The van der Waals surface area contributed by atoms with Gasteiger partial charge in [0.15, 0.2) is 0 Å². The minimum absolute atomic E-state index is 0.0508. The van der Waals surface area contributed by atoms with Gasteiger partial charge in [-0.05, 0) is 0 Å². The summed E-state index contributed by atoms with van der Waals surface area (Å²) in [6.07, 6.45) is 1.60. The maximum absolute atomic E-state index is 12.1. The monoisotopic (exact) mass is 889 g/mol. The fourth-order valence-corrected chi connectivity index (χ4v) is 11.3. The van der Waals surface area contributed by atoms with Crippen molar-refractivity contribution in [2.24, 2.45) is 0 Å². The van der Waals surface area contributed by atoms with E-state index in [9.17, 15) is 10.1 Å². The van der Waals surface area contributed by atoms with E-state index in [1.54, 1.807) is 20.5 Å². The van der Waals surface area contributed by atoms with E-state index in [-0.39, 0.29) is 57.4 Å². The van der Waals surface area contributed by atoms with E-state index in [4.69, 9.17) is 28.0 Å². The molecule has 14 nitrogen and oxygen atoms in total. The molecule has 0 bridgehead atoms. The van der Waals surface area contributed by atoms with Gasteiger partial charge in [0.2, 0.25) is 0 Å². The van der Waals surface area contributed by atoms with Crippen LogP contribution in [0.2, 0.25) is 10.6 Å². The molecule has 0 radical (unpaired) electrons. The standard InChI is InChI=1S/C43H52N7O7PSe/c1-28(2)50(29(3)4)58(55-24-12-23-44)57-38-36(56-42(39(38)59-8)49-27-47-37-40(48-30(5)51)45-26-46-41(37)49)25-54-43(31-13-10-9-11-14-31,32-15-19-34(52-6)20-16-32)33-17-21-35(53-7)22-18-33/h9-11,13-22,26-29,36,38-39,42H,12,24-25H2,1-8H3,(H,45,46,48,51)/t36-,38-,39-,42-,58?/m1/s1. The molecule has 1 aliphatic heterocycles. The molecule has 6 rings (SSSR count). The van der Waals surface area contributed by atoms with Gasteiger partial charge in [0.1, 0.15) is 0 Å². The molecule has 1 amide bonds. The van der Waals surface area contributed by atoms with Gasteiger partial charge >= 0.3 is 355 Å². The minimum atomic E-state index is -1.66. The number of nitriles is 1. The number of carbonyl (C=O) groups is 1. The zero-order valence-electron chi connectivity index (χ0n) is 34.6. The SMILES string of the molecule is COc1ccc(C(OC[C@H]2O[C@@H](n3cnc4c(NC(C)=O)ncnc43)[C@H]([Se]C)[C@@H]2OP(OCCC#N)N(C(C)C)C(C)C)(c2ccccc2)c2ccc(OC)cc2)cc1. The molecule has 1 aliphatic rings. The number of fused-ring (bicyclic) bond motifs is 1. The molecule has 5 atom stereocenters. The number of amides is 1. The summed E-state index contributed by atoms with van der Waals surface area (Å²) in [6, 6.07) is 28.3. The van der Waals surface area contributed by atoms with E-state index >= 15 is 0 Å². The van der Waals surface area contributed by atoms with Crippen molar-refractivity contribution in [2.75, 3.05) is 32.8 Å². The second kappa shape index (κ2) is 20.2. The van der Waals surface area contributed by atoms with E-state index in [0.717, 1.165) is 28.2 Å². The molecule has 1 saturated heterocycles. The first-order valence-electron chi connectivity index (χ1n) is 19.4. The molecule has 3 heterocycles. The number of imidazole rings is 1. The molecule has 3 aromatic carbocycles. The summed E-state index contributed by atoms with van der Waals surface area (Å²) in [4.78, 5) is 25.4. The van der Waals surface area contributed by atoms with Crippen molar-refractivity contribution in [3.8, 4) is 17.6 Å². The van der Waals surface area contributed by atoms with Gasteiger partial charge in [-0.2, -0.15) is 0 Å². The van der Waals surface area contributed by atoms with Crippen molar-refractivity contribution < 1.29 is 32.8 Å². The molecule has 2 aromatic heterocycles. The van der Waals surface area contributed by atoms with Crippen LogP contribution in [-0.2, 0) is 28.9 Å². The Morgan fingerprint density at radius 1 is 0.949 bits per heavy atom. The number of nitrogens with one attached hydrogen (secondary N) is 1. The van der Waals surface area contributed by atoms with Crippen molar-refractivity contribution in [3.05, 3.63) is 108 Å². The summed E-state index contributed by atoms with van der Waals surface area (Å²) in [6.45, 7) is 10.2. The number of hydrogen-bond donors (Lipinski definition) is 1. The Labute approximate surface area is 353 Å². The molecule has 59 heavy (non-hydrogen) atoms. The Hall–Kier alpha value is -4.48. The van der Waals surface area contributed by atoms with Crippen molar-refractivity contribution >= 4 is 46.4 Å². The Morgan fingerprint density at radius 3 is 2.10 bits per heavy atom. The number of ether oxygens (including phenoxy) is 4. The van der Waals surface area contributed by atoms with Crippen LogP contribution in [0.4, 0.5) is 5.82 Å². The summed E-state index contributed by atoms with van der Waals surface area (Å²) >= 11 is -0.0508. The summed E-state index contributed by atoms with van der Waals surface area (Å²) < 4.78 is 43.5. The number of aromatic nitrogens is 4. The predicted molar refractivity (Wildman–Crippen MR) is 227 cm³/mol. The van der Waals surface area contributed by atoms with Crippen LogP contribution < -0.4 is 14.8 Å². The number of benzene rings is 3. The first-order valence-corrected chi connectivity index (χ1v) is 23.3. The van der Waals surface area contributed by atoms with Crippen LogP contribution in [0, 0.1) is 11.3 Å². The average molecular weight is 889 g/mol. The molecule has 16 heteroatoms. The van der Waals surface area contributed by atoms with E-state index < -0.39 is 32.6 Å². The van der Waals surface area contributed by atoms with Crippen molar-refractivity contribution in [1.82, 2.24) is 24.2 Å². The third-order valence-corrected chi connectivity index (χ3v) is 14.3. The van der Waals surface area contributed by atoms with Gasteiger partial charge in [0.05, 0.1) is 0 Å². The van der Waals surface area contributed by atoms with Gasteiger partial charge in [-0.15, -0.1) is 0 Å². The van der Waals surface area contributed by atoms with Gasteiger partial charge < -0.3 is 0 Å². The number of hydrogen-bond acceptors (Lipinski definition) is 12. The average Bonchev–Trinajstić information content (AvgIpc) is 3.83. The van der Waals surface area contributed by atoms with Crippen LogP contribution in [0.15, 0.2) is 91.5 Å². The van der Waals surface area contributed by atoms with Crippen LogP contribution in [0.25, 0.3) is 11.2 Å². The Kier molecular flexibility index (Phi) is 15.1. The number of anilines is 1. The summed E-state index contributed by atoms with van der Waals surface area (Å²) in [7, 11) is 1.63. The van der Waals surface area contributed by atoms with Crippen LogP contribution in [-0.4, -0.2) is 96.8 Å². The number of carbonyl (C=O) groups excluding carboxylic acids is 1. The summed E-state index contributed by atoms with van der Waals surface area (Å²) in [5.74, 6) is 3.65. The van der Waals surface area contributed by atoms with E-state index in [2.05, 4.69) is 76.7 Å². The molecule has 5 aromatic rings. The third-order valence-electron chi connectivity index (χ3n) is 10.00. The quantitative estimate of drug-likeness (QED) is 0.0371. The molecule has 312 valence electrons. The second-order valence-electron chi connectivity index (χ2n) is 14.4. The summed E-state index contributed by atoms with van der Waals surface area (Å²) in [5.41, 5.74) is 2.52. The van der Waals surface area contributed by atoms with Crippen molar-refractivity contribution in [2.45, 2.75) is 87.8 Å². The van der Waals surface area contributed by atoms with Crippen LogP contribution in [0.1, 0.15) is 64.0 Å². The number of rotatable bonds is 19. The fraction of sp³-hybridized carbons (Fsp3) is 0.419. The third kappa shape index (κ3) is 9.62. The molecule has 0 aliphatic carbocycles. The first kappa shape index (κ1) is 44.1. The number of methoxy groups -OCH3 is 2. The van der Waals surface area contributed by atoms with Gasteiger partial charge in [-0.3, -0.25) is 0 Å².